The average molecular weight is 344 g/mol. The van der Waals surface area contributed by atoms with Crippen LogP contribution in [0.3, 0.4) is 0 Å². The van der Waals surface area contributed by atoms with Gasteiger partial charge in [0.1, 0.15) is 0 Å². The number of rotatable bonds is 6. The molecule has 4 aromatic rings. The maximum Gasteiger partial charge on any atom is 0.223 e. The van der Waals surface area contributed by atoms with E-state index in [1.54, 1.807) is 6.33 Å². The van der Waals surface area contributed by atoms with Crippen LogP contribution in [0.4, 0.5) is 0 Å². The molecule has 4 rings (SSSR count). The molecule has 1 amide bonds. The summed E-state index contributed by atoms with van der Waals surface area (Å²) >= 11 is 0. The van der Waals surface area contributed by atoms with Crippen LogP contribution in [-0.4, -0.2) is 20.4 Å². The molecule has 0 aliphatic carbocycles. The third kappa shape index (κ3) is 3.37. The number of nitrogens with two attached hydrogens (primary N) is 1. The first-order valence-electron chi connectivity index (χ1n) is 8.60. The van der Waals surface area contributed by atoms with E-state index in [0.29, 0.717) is 13.0 Å². The van der Waals surface area contributed by atoms with Crippen LogP contribution < -0.4 is 5.73 Å². The molecule has 5 nitrogen and oxygen atoms in total. The van der Waals surface area contributed by atoms with Crippen LogP contribution in [0.1, 0.15) is 22.5 Å². The zero-order valence-corrected chi connectivity index (χ0v) is 14.4. The fourth-order valence-corrected chi connectivity index (χ4v) is 3.28. The fourth-order valence-electron chi connectivity index (χ4n) is 3.28. The van der Waals surface area contributed by atoms with Gasteiger partial charge >= 0.3 is 0 Å². The number of hydrogen-bond acceptors (Lipinski definition) is 2. The summed E-state index contributed by atoms with van der Waals surface area (Å²) in [7, 11) is 0. The van der Waals surface area contributed by atoms with E-state index in [0.717, 1.165) is 28.0 Å². The van der Waals surface area contributed by atoms with Crippen LogP contribution in [0.25, 0.3) is 10.9 Å². The quantitative estimate of drug-likeness (QED) is 0.564. The van der Waals surface area contributed by atoms with Crippen molar-refractivity contribution >= 4 is 16.8 Å². The zero-order valence-electron chi connectivity index (χ0n) is 14.4. The van der Waals surface area contributed by atoms with Gasteiger partial charge in [0, 0.05) is 24.7 Å². The normalized spacial score (nSPS) is 11.1. The Labute approximate surface area is 151 Å². The SMILES string of the molecule is NC(=O)Cc1c(Cc2ccccc2)ncn1Cc1ccc2cc[nH]c2c1. The lowest BCUT2D eigenvalue weighted by atomic mass is 10.1. The molecule has 0 spiro atoms. The Morgan fingerprint density at radius 3 is 2.73 bits per heavy atom. The summed E-state index contributed by atoms with van der Waals surface area (Å²) in [4.78, 5) is 19.4. The van der Waals surface area contributed by atoms with Gasteiger partial charge in [-0.1, -0.05) is 42.5 Å². The molecule has 26 heavy (non-hydrogen) atoms. The molecule has 0 radical (unpaired) electrons. The second-order valence-corrected chi connectivity index (χ2v) is 6.47. The fraction of sp³-hybridized carbons (Fsp3) is 0.143. The van der Waals surface area contributed by atoms with Crippen LogP contribution in [-0.2, 0) is 24.2 Å². The topological polar surface area (TPSA) is 76.7 Å². The number of hydrogen-bond donors (Lipinski definition) is 2. The van der Waals surface area contributed by atoms with E-state index < -0.39 is 0 Å². The standard InChI is InChI=1S/C21H20N4O/c22-21(26)12-20-19(10-15-4-2-1-3-5-15)24-14-25(20)13-16-6-7-17-8-9-23-18(17)11-16/h1-9,11,14,23H,10,12-13H2,(H2,22,26). The molecule has 0 saturated heterocycles. The van der Waals surface area contributed by atoms with Gasteiger partial charge in [-0.2, -0.15) is 0 Å². The van der Waals surface area contributed by atoms with Crippen LogP contribution in [0.2, 0.25) is 0 Å². The number of aromatic nitrogens is 3. The third-order valence-electron chi connectivity index (χ3n) is 4.56. The molecule has 0 fully saturated rings. The number of fused-ring (bicyclic) bond motifs is 1. The number of carbonyl (C=O) groups is 1. The van der Waals surface area contributed by atoms with Gasteiger partial charge < -0.3 is 15.3 Å². The summed E-state index contributed by atoms with van der Waals surface area (Å²) in [5.41, 5.74) is 10.7. The molecule has 0 aliphatic rings. The van der Waals surface area contributed by atoms with Crippen LogP contribution in [0, 0.1) is 0 Å². The Kier molecular flexibility index (Phi) is 4.27. The molecule has 0 unspecified atom stereocenters. The molecule has 2 aromatic heterocycles. The molecule has 0 aliphatic heterocycles. The summed E-state index contributed by atoms with van der Waals surface area (Å²) in [6, 6.07) is 18.5. The number of imidazole rings is 1. The molecule has 2 heterocycles. The van der Waals surface area contributed by atoms with Gasteiger partial charge in [0.25, 0.3) is 0 Å². The molecule has 130 valence electrons. The lowest BCUT2D eigenvalue weighted by molar-refractivity contribution is -0.117. The van der Waals surface area contributed by atoms with Crippen LogP contribution >= 0.6 is 0 Å². The summed E-state index contributed by atoms with van der Waals surface area (Å²) in [6.45, 7) is 0.652. The van der Waals surface area contributed by atoms with E-state index in [-0.39, 0.29) is 12.3 Å². The number of nitrogens with zero attached hydrogens (tertiary/aromatic N) is 2. The number of nitrogens with one attached hydrogen (secondary N) is 1. The monoisotopic (exact) mass is 344 g/mol. The van der Waals surface area contributed by atoms with Crippen molar-refractivity contribution in [2.24, 2.45) is 5.73 Å². The highest BCUT2D eigenvalue weighted by atomic mass is 16.1. The highest BCUT2D eigenvalue weighted by molar-refractivity contribution is 5.80. The number of primary amides is 1. The van der Waals surface area contributed by atoms with Gasteiger partial charge in [-0.15, -0.1) is 0 Å². The number of aromatic amines is 1. The van der Waals surface area contributed by atoms with Gasteiger partial charge in [0.2, 0.25) is 5.91 Å². The number of H-pyrrole nitrogens is 1. The Morgan fingerprint density at radius 2 is 1.92 bits per heavy atom. The van der Waals surface area contributed by atoms with Crippen LogP contribution in [0.15, 0.2) is 67.1 Å². The first-order chi connectivity index (χ1) is 12.7. The molecule has 5 heteroatoms. The maximum absolute atomic E-state index is 11.6. The van der Waals surface area contributed by atoms with Crippen molar-refractivity contribution < 1.29 is 4.79 Å². The van der Waals surface area contributed by atoms with E-state index in [4.69, 9.17) is 5.73 Å². The van der Waals surface area contributed by atoms with E-state index in [9.17, 15) is 4.79 Å². The van der Waals surface area contributed by atoms with E-state index >= 15 is 0 Å². The number of carbonyl (C=O) groups excluding carboxylic acids is 1. The minimum absolute atomic E-state index is 0.187. The highest BCUT2D eigenvalue weighted by Crippen LogP contribution is 2.18. The summed E-state index contributed by atoms with van der Waals surface area (Å²) in [6.07, 6.45) is 4.61. The molecule has 0 bridgehead atoms. The van der Waals surface area contributed by atoms with Crippen molar-refractivity contribution in [3.63, 3.8) is 0 Å². The Hall–Kier alpha value is -3.34. The van der Waals surface area contributed by atoms with Gasteiger partial charge in [0.05, 0.1) is 24.1 Å². The average Bonchev–Trinajstić information content (AvgIpc) is 3.24. The smallest absolute Gasteiger partial charge is 0.223 e. The van der Waals surface area contributed by atoms with Crippen molar-refractivity contribution in [2.45, 2.75) is 19.4 Å². The second-order valence-electron chi connectivity index (χ2n) is 6.47. The summed E-state index contributed by atoms with van der Waals surface area (Å²) < 4.78 is 2.02. The first-order valence-corrected chi connectivity index (χ1v) is 8.60. The Morgan fingerprint density at radius 1 is 1.08 bits per heavy atom. The largest absolute Gasteiger partial charge is 0.369 e. The Bertz CT molecular complexity index is 1050. The third-order valence-corrected chi connectivity index (χ3v) is 4.56. The van der Waals surface area contributed by atoms with Crippen molar-refractivity contribution in [1.82, 2.24) is 14.5 Å². The molecular weight excluding hydrogens is 324 g/mol. The second kappa shape index (κ2) is 6.88. The number of benzene rings is 2. The molecule has 0 atom stereocenters. The van der Waals surface area contributed by atoms with E-state index in [1.807, 2.05) is 35.0 Å². The maximum atomic E-state index is 11.6. The Balaban J connectivity index is 1.65. The van der Waals surface area contributed by atoms with E-state index in [2.05, 4.69) is 40.3 Å². The van der Waals surface area contributed by atoms with E-state index in [1.165, 1.54) is 5.39 Å². The lowest BCUT2D eigenvalue weighted by Crippen LogP contribution is -2.18. The minimum Gasteiger partial charge on any atom is -0.369 e. The predicted octanol–water partition coefficient (Wildman–Crippen LogP) is 3.03. The predicted molar refractivity (Wildman–Crippen MR) is 102 cm³/mol. The van der Waals surface area contributed by atoms with Gasteiger partial charge in [-0.05, 0) is 28.6 Å². The molecule has 0 saturated carbocycles. The van der Waals surface area contributed by atoms with Crippen molar-refractivity contribution in [3.8, 4) is 0 Å². The minimum atomic E-state index is -0.346. The number of amides is 1. The van der Waals surface area contributed by atoms with Crippen LogP contribution in [0.5, 0.6) is 0 Å². The summed E-state index contributed by atoms with van der Waals surface area (Å²) in [5, 5.41) is 1.18. The first kappa shape index (κ1) is 16.1. The van der Waals surface area contributed by atoms with Gasteiger partial charge in [-0.3, -0.25) is 4.79 Å². The molecule has 3 N–H and O–H groups in total. The van der Waals surface area contributed by atoms with Gasteiger partial charge in [0.15, 0.2) is 0 Å². The zero-order chi connectivity index (χ0) is 17.9. The molecule has 2 aromatic carbocycles. The highest BCUT2D eigenvalue weighted by Gasteiger charge is 2.14. The summed E-state index contributed by atoms with van der Waals surface area (Å²) in [5.74, 6) is -0.346. The van der Waals surface area contributed by atoms with Crippen molar-refractivity contribution in [3.05, 3.63) is 89.6 Å². The lowest BCUT2D eigenvalue weighted by Gasteiger charge is -2.10. The van der Waals surface area contributed by atoms with Gasteiger partial charge in [-0.25, -0.2) is 4.98 Å². The van der Waals surface area contributed by atoms with Crippen molar-refractivity contribution in [2.75, 3.05) is 0 Å². The van der Waals surface area contributed by atoms with Crippen molar-refractivity contribution in [1.29, 1.82) is 0 Å². The molecular formula is C21H20N4O.